The molecular formula is C18H17N3O5S2. The van der Waals surface area contributed by atoms with Crippen LogP contribution in [0.5, 0.6) is 0 Å². The van der Waals surface area contributed by atoms with Crippen LogP contribution in [0.3, 0.4) is 0 Å². The first-order chi connectivity index (χ1) is 13.3. The van der Waals surface area contributed by atoms with Crippen LogP contribution in [-0.4, -0.2) is 23.9 Å². The van der Waals surface area contributed by atoms with Gasteiger partial charge in [-0.25, -0.2) is 13.1 Å². The summed E-state index contributed by atoms with van der Waals surface area (Å²) in [5.41, 5.74) is 1.44. The Morgan fingerprint density at radius 2 is 1.93 bits per heavy atom. The van der Waals surface area contributed by atoms with Crippen LogP contribution in [-0.2, 0) is 29.9 Å². The predicted octanol–water partition coefficient (Wildman–Crippen LogP) is 1.29. The van der Waals surface area contributed by atoms with E-state index in [4.69, 9.17) is 0 Å². The summed E-state index contributed by atoms with van der Waals surface area (Å²) in [7, 11) is -2.60. The van der Waals surface area contributed by atoms with Gasteiger partial charge in [-0.15, -0.1) is 0 Å². The summed E-state index contributed by atoms with van der Waals surface area (Å²) in [5, 5.41) is 0. The van der Waals surface area contributed by atoms with Crippen molar-refractivity contribution in [2.75, 3.05) is 0 Å². The van der Waals surface area contributed by atoms with E-state index in [1.54, 1.807) is 7.05 Å². The molecule has 0 spiro atoms. The summed E-state index contributed by atoms with van der Waals surface area (Å²) >= 11 is 0.917. The van der Waals surface area contributed by atoms with E-state index in [0.717, 1.165) is 48.3 Å². The molecule has 0 unspecified atom stereocenters. The van der Waals surface area contributed by atoms with Crippen molar-refractivity contribution < 1.29 is 13.2 Å². The molecule has 3 aromatic rings. The number of nitrogens with one attached hydrogen (secondary N) is 2. The minimum absolute atomic E-state index is 0.149. The zero-order chi connectivity index (χ0) is 20.1. The molecule has 0 aliphatic heterocycles. The highest BCUT2D eigenvalue weighted by atomic mass is 32.2. The quantitative estimate of drug-likeness (QED) is 0.663. The van der Waals surface area contributed by atoms with E-state index in [2.05, 4.69) is 4.98 Å². The lowest BCUT2D eigenvalue weighted by atomic mass is 9.95. The first-order valence-corrected chi connectivity index (χ1v) is 11.0. The lowest BCUT2D eigenvalue weighted by Crippen LogP contribution is -2.35. The molecule has 2 N–H and O–H groups in total. The first-order valence-electron chi connectivity index (χ1n) is 8.68. The van der Waals surface area contributed by atoms with Gasteiger partial charge in [0.1, 0.15) is 5.56 Å². The van der Waals surface area contributed by atoms with Crippen molar-refractivity contribution in [1.29, 1.82) is 0 Å². The lowest BCUT2D eigenvalue weighted by Gasteiger charge is -2.16. The first kappa shape index (κ1) is 18.6. The number of aromatic nitrogens is 2. The number of carbonyl (C=O) groups is 1. The van der Waals surface area contributed by atoms with Gasteiger partial charge in [0.2, 0.25) is 0 Å². The van der Waals surface area contributed by atoms with Crippen LogP contribution in [0.2, 0.25) is 0 Å². The van der Waals surface area contributed by atoms with Crippen LogP contribution in [0.1, 0.15) is 34.5 Å². The Balaban J connectivity index is 1.67. The van der Waals surface area contributed by atoms with Crippen LogP contribution >= 0.6 is 11.3 Å². The minimum atomic E-state index is -4.20. The van der Waals surface area contributed by atoms with Crippen LogP contribution in [0.4, 0.5) is 0 Å². The molecule has 0 bridgehead atoms. The number of hydrogen-bond donors (Lipinski definition) is 2. The van der Waals surface area contributed by atoms with Gasteiger partial charge < -0.3 is 9.55 Å². The van der Waals surface area contributed by atoms with Gasteiger partial charge >= 0.3 is 4.87 Å². The number of carbonyl (C=O) groups excluding carboxylic acids is 1. The fourth-order valence-electron chi connectivity index (χ4n) is 3.36. The Bertz CT molecular complexity index is 1330. The van der Waals surface area contributed by atoms with Crippen molar-refractivity contribution in [2.24, 2.45) is 7.05 Å². The molecule has 1 aliphatic rings. The van der Waals surface area contributed by atoms with Crippen LogP contribution in [0, 0.1) is 0 Å². The van der Waals surface area contributed by atoms with Crippen molar-refractivity contribution in [3.63, 3.8) is 0 Å². The van der Waals surface area contributed by atoms with Gasteiger partial charge in [-0.2, -0.15) is 0 Å². The number of aromatic amines is 1. The van der Waals surface area contributed by atoms with Crippen molar-refractivity contribution in [2.45, 2.75) is 30.6 Å². The molecule has 0 saturated carbocycles. The molecule has 2 aromatic heterocycles. The second-order valence-electron chi connectivity index (χ2n) is 6.71. The predicted molar refractivity (Wildman–Crippen MR) is 105 cm³/mol. The summed E-state index contributed by atoms with van der Waals surface area (Å²) < 4.78 is 29.1. The number of sulfonamides is 1. The largest absolute Gasteiger partial charge is 0.325 e. The topological polar surface area (TPSA) is 118 Å². The molecule has 1 aliphatic carbocycles. The zero-order valence-electron chi connectivity index (χ0n) is 14.9. The van der Waals surface area contributed by atoms with Crippen molar-refractivity contribution in [1.82, 2.24) is 14.3 Å². The van der Waals surface area contributed by atoms with E-state index in [0.29, 0.717) is 10.2 Å². The van der Waals surface area contributed by atoms with Gasteiger partial charge in [-0.05, 0) is 55.5 Å². The molecular weight excluding hydrogens is 402 g/mol. The fourth-order valence-corrected chi connectivity index (χ4v) is 5.35. The monoisotopic (exact) mass is 419 g/mol. The van der Waals surface area contributed by atoms with E-state index in [9.17, 15) is 22.8 Å². The molecule has 0 atom stereocenters. The number of aryl methyl sites for hydroxylation is 3. The number of rotatable bonds is 3. The lowest BCUT2D eigenvalue weighted by molar-refractivity contribution is 0.0979. The molecule has 0 fully saturated rings. The SMILES string of the molecule is Cn1c(=O)sc2cc(S(=O)(=O)NC(=O)c3cc4c([nH]c3=O)CCCC4)ccc21. The minimum Gasteiger partial charge on any atom is -0.325 e. The molecule has 1 aromatic carbocycles. The Labute approximate surface area is 163 Å². The van der Waals surface area contributed by atoms with Crippen molar-refractivity contribution in [3.05, 3.63) is 61.1 Å². The maximum absolute atomic E-state index is 12.6. The maximum Gasteiger partial charge on any atom is 0.307 e. The summed E-state index contributed by atoms with van der Waals surface area (Å²) in [4.78, 5) is 38.8. The number of H-pyrrole nitrogens is 1. The number of fused-ring (bicyclic) bond motifs is 2. The summed E-state index contributed by atoms with van der Waals surface area (Å²) in [5.74, 6) is -0.976. The number of pyridine rings is 1. The highest BCUT2D eigenvalue weighted by Crippen LogP contribution is 2.22. The summed E-state index contributed by atoms with van der Waals surface area (Å²) in [6.45, 7) is 0. The number of benzene rings is 1. The van der Waals surface area contributed by atoms with E-state index in [1.807, 2.05) is 4.72 Å². The molecule has 0 radical (unpaired) electrons. The number of amides is 1. The molecule has 0 saturated heterocycles. The standard InChI is InChI=1S/C18H17N3O5S2/c1-21-14-7-6-11(9-15(14)27-18(21)24)28(25,26)20-17(23)12-8-10-4-2-3-5-13(10)19-16(12)22/h6-9H,2-5H2,1H3,(H,19,22)(H,20,23). The third-order valence-electron chi connectivity index (χ3n) is 4.88. The Hall–Kier alpha value is -2.72. The molecule has 4 rings (SSSR count). The maximum atomic E-state index is 12.6. The molecule has 28 heavy (non-hydrogen) atoms. The highest BCUT2D eigenvalue weighted by Gasteiger charge is 2.23. The second kappa shape index (κ2) is 6.71. The van der Waals surface area contributed by atoms with Crippen LogP contribution < -0.4 is 15.2 Å². The van der Waals surface area contributed by atoms with Crippen molar-refractivity contribution in [3.8, 4) is 0 Å². The molecule has 8 nitrogen and oxygen atoms in total. The number of thiazole rings is 1. The average Bonchev–Trinajstić information content (AvgIpc) is 2.94. The third-order valence-corrected chi connectivity index (χ3v) is 7.21. The molecule has 2 heterocycles. The van der Waals surface area contributed by atoms with Crippen LogP contribution in [0.15, 0.2) is 38.8 Å². The third kappa shape index (κ3) is 3.18. The van der Waals surface area contributed by atoms with Crippen molar-refractivity contribution >= 4 is 37.5 Å². The zero-order valence-corrected chi connectivity index (χ0v) is 16.6. The summed E-state index contributed by atoms with van der Waals surface area (Å²) in [6.07, 6.45) is 3.41. The van der Waals surface area contributed by atoms with E-state index in [-0.39, 0.29) is 15.3 Å². The van der Waals surface area contributed by atoms with Gasteiger partial charge in [-0.1, -0.05) is 11.3 Å². The number of nitrogens with zero attached hydrogens (tertiary/aromatic N) is 1. The van der Waals surface area contributed by atoms with E-state index in [1.165, 1.54) is 28.8 Å². The average molecular weight is 419 g/mol. The smallest absolute Gasteiger partial charge is 0.307 e. The van der Waals surface area contributed by atoms with Gasteiger partial charge in [0, 0.05) is 12.7 Å². The molecule has 10 heteroatoms. The fraction of sp³-hybridized carbons (Fsp3) is 0.278. The van der Waals surface area contributed by atoms with Gasteiger partial charge in [0.25, 0.3) is 21.5 Å². The van der Waals surface area contributed by atoms with Crippen LogP contribution in [0.25, 0.3) is 10.2 Å². The highest BCUT2D eigenvalue weighted by molar-refractivity contribution is 7.90. The summed E-state index contributed by atoms with van der Waals surface area (Å²) in [6, 6.07) is 5.65. The van der Waals surface area contributed by atoms with E-state index < -0.39 is 21.5 Å². The van der Waals surface area contributed by atoms with Gasteiger partial charge in [0.05, 0.1) is 15.1 Å². The Morgan fingerprint density at radius 1 is 1.18 bits per heavy atom. The Morgan fingerprint density at radius 3 is 2.71 bits per heavy atom. The van der Waals surface area contributed by atoms with Gasteiger partial charge in [0.15, 0.2) is 0 Å². The second-order valence-corrected chi connectivity index (χ2v) is 9.39. The van der Waals surface area contributed by atoms with E-state index >= 15 is 0 Å². The molecule has 146 valence electrons. The normalized spacial score (nSPS) is 14.0. The van der Waals surface area contributed by atoms with Gasteiger partial charge in [-0.3, -0.25) is 14.4 Å². The number of hydrogen-bond acceptors (Lipinski definition) is 6. The Kier molecular flexibility index (Phi) is 4.47. The molecule has 1 amide bonds.